The molecule has 8 nitrogen and oxygen atoms in total. The van der Waals surface area contributed by atoms with E-state index in [0.717, 1.165) is 11.1 Å². The molecule has 34 heavy (non-hydrogen) atoms. The number of nitrogens with one attached hydrogen (secondary N) is 3. The highest BCUT2D eigenvalue weighted by atomic mass is 32.2. The first kappa shape index (κ1) is 24.7. The fraction of sp³-hybridized carbons (Fsp3) is 0.160. The Balaban J connectivity index is 1.71. The predicted octanol–water partition coefficient (Wildman–Crippen LogP) is 4.03. The molecule has 0 bridgehead atoms. The van der Waals surface area contributed by atoms with Crippen LogP contribution in [0.15, 0.2) is 72.1 Å². The number of hydrogen-bond donors (Lipinski definition) is 3. The van der Waals surface area contributed by atoms with Crippen LogP contribution in [0.4, 0.5) is 5.69 Å². The molecule has 3 rings (SSSR count). The molecule has 9 heteroatoms. The molecule has 0 spiro atoms. The zero-order valence-corrected chi connectivity index (χ0v) is 20.2. The van der Waals surface area contributed by atoms with Gasteiger partial charge in [-0.05, 0) is 61.9 Å². The summed E-state index contributed by atoms with van der Waals surface area (Å²) in [5.74, 6) is 0.559. The highest BCUT2D eigenvalue weighted by molar-refractivity contribution is 7.92. The van der Waals surface area contributed by atoms with Crippen LogP contribution < -0.4 is 25.0 Å². The first-order valence-corrected chi connectivity index (χ1v) is 11.8. The predicted molar refractivity (Wildman–Crippen MR) is 132 cm³/mol. The van der Waals surface area contributed by atoms with Crippen molar-refractivity contribution in [3.8, 4) is 11.5 Å². The van der Waals surface area contributed by atoms with Gasteiger partial charge in [-0.1, -0.05) is 30.3 Å². The summed E-state index contributed by atoms with van der Waals surface area (Å²) in [5.41, 5.74) is 8.83. The van der Waals surface area contributed by atoms with Gasteiger partial charge in [-0.25, -0.2) is 8.42 Å². The summed E-state index contributed by atoms with van der Waals surface area (Å²) in [6.45, 7) is 7.67. The maximum absolute atomic E-state index is 12.9. The summed E-state index contributed by atoms with van der Waals surface area (Å²) in [5, 5.41) is 0. The number of sulfonamides is 1. The van der Waals surface area contributed by atoms with Gasteiger partial charge in [-0.2, -0.15) is 0 Å². The standard InChI is InChI=1S/C25H27N3O5S/c1-16-9-11-22(17(2)13-16)28-34(30,31)21-8-6-7-20(14-21)25(29)27-26-18(3)19-10-12-23(32-4)24(15-19)33-5/h6-15,26,28H,3H2,1-2,4-5H3,(H,27,29). The summed E-state index contributed by atoms with van der Waals surface area (Å²) in [4.78, 5) is 12.6. The van der Waals surface area contributed by atoms with Gasteiger partial charge in [-0.15, -0.1) is 0 Å². The van der Waals surface area contributed by atoms with Gasteiger partial charge in [0.2, 0.25) is 0 Å². The van der Waals surface area contributed by atoms with Crippen molar-refractivity contribution in [1.82, 2.24) is 10.9 Å². The monoisotopic (exact) mass is 481 g/mol. The van der Waals surface area contributed by atoms with E-state index in [-0.39, 0.29) is 10.5 Å². The Morgan fingerprint density at radius 2 is 1.59 bits per heavy atom. The molecule has 0 unspecified atom stereocenters. The number of amides is 1. The second-order valence-electron chi connectivity index (χ2n) is 7.58. The molecule has 0 fully saturated rings. The summed E-state index contributed by atoms with van der Waals surface area (Å²) >= 11 is 0. The Kier molecular flexibility index (Phi) is 7.47. The zero-order valence-electron chi connectivity index (χ0n) is 19.4. The number of aryl methyl sites for hydroxylation is 2. The SMILES string of the molecule is C=C(NNC(=O)c1cccc(S(=O)(=O)Nc2ccc(C)cc2C)c1)c1ccc(OC)c(OC)c1. The Bertz CT molecular complexity index is 1340. The van der Waals surface area contributed by atoms with Crippen LogP contribution in [-0.4, -0.2) is 28.5 Å². The second kappa shape index (κ2) is 10.3. The molecule has 0 heterocycles. The van der Waals surface area contributed by atoms with Crippen LogP contribution in [0, 0.1) is 13.8 Å². The normalized spacial score (nSPS) is 10.8. The number of rotatable bonds is 9. The van der Waals surface area contributed by atoms with Gasteiger partial charge >= 0.3 is 0 Å². The molecule has 0 radical (unpaired) electrons. The van der Waals surface area contributed by atoms with Crippen LogP contribution in [0.2, 0.25) is 0 Å². The molecule has 3 aromatic carbocycles. The van der Waals surface area contributed by atoms with Gasteiger partial charge in [-0.3, -0.25) is 20.4 Å². The van der Waals surface area contributed by atoms with Crippen LogP contribution >= 0.6 is 0 Å². The van der Waals surface area contributed by atoms with E-state index in [9.17, 15) is 13.2 Å². The molecule has 178 valence electrons. The quantitative estimate of drug-likeness (QED) is 0.399. The maximum Gasteiger partial charge on any atom is 0.269 e. The Morgan fingerprint density at radius 3 is 2.26 bits per heavy atom. The minimum absolute atomic E-state index is 0.0288. The third-order valence-electron chi connectivity index (χ3n) is 5.09. The number of hydrogen-bond acceptors (Lipinski definition) is 6. The van der Waals surface area contributed by atoms with Crippen molar-refractivity contribution in [2.75, 3.05) is 18.9 Å². The van der Waals surface area contributed by atoms with Gasteiger partial charge in [0, 0.05) is 11.1 Å². The molecular weight excluding hydrogens is 454 g/mol. The zero-order chi connectivity index (χ0) is 24.9. The van der Waals surface area contributed by atoms with Crippen LogP contribution in [0.3, 0.4) is 0 Å². The van der Waals surface area contributed by atoms with E-state index >= 15 is 0 Å². The first-order valence-electron chi connectivity index (χ1n) is 10.3. The Hall–Kier alpha value is -3.98. The third kappa shape index (κ3) is 5.68. The molecule has 3 aromatic rings. The fourth-order valence-corrected chi connectivity index (χ4v) is 4.41. The number of ether oxygens (including phenoxy) is 2. The number of anilines is 1. The summed E-state index contributed by atoms with van der Waals surface area (Å²) in [7, 11) is -0.825. The molecule has 0 aromatic heterocycles. The van der Waals surface area contributed by atoms with E-state index in [2.05, 4.69) is 22.2 Å². The molecule has 0 aliphatic heterocycles. The van der Waals surface area contributed by atoms with E-state index < -0.39 is 15.9 Å². The fourth-order valence-electron chi connectivity index (χ4n) is 3.24. The van der Waals surface area contributed by atoms with Gasteiger partial charge in [0.1, 0.15) is 0 Å². The molecule has 0 saturated heterocycles. The molecule has 0 saturated carbocycles. The summed E-state index contributed by atoms with van der Waals surface area (Å²) < 4.78 is 38.8. The molecule has 0 aliphatic rings. The number of hydrazine groups is 1. The number of carbonyl (C=O) groups excluding carboxylic acids is 1. The average molecular weight is 482 g/mol. The van der Waals surface area contributed by atoms with E-state index in [1.807, 2.05) is 26.0 Å². The van der Waals surface area contributed by atoms with Gasteiger partial charge in [0.05, 0.1) is 30.5 Å². The second-order valence-corrected chi connectivity index (χ2v) is 9.26. The lowest BCUT2D eigenvalue weighted by Gasteiger charge is -2.14. The van der Waals surface area contributed by atoms with Crippen LogP contribution in [-0.2, 0) is 10.0 Å². The van der Waals surface area contributed by atoms with Crippen molar-refractivity contribution in [2.24, 2.45) is 0 Å². The lowest BCUT2D eigenvalue weighted by Crippen LogP contribution is -2.36. The largest absolute Gasteiger partial charge is 0.493 e. The maximum atomic E-state index is 12.9. The van der Waals surface area contributed by atoms with Crippen molar-refractivity contribution in [3.63, 3.8) is 0 Å². The average Bonchev–Trinajstić information content (AvgIpc) is 2.83. The van der Waals surface area contributed by atoms with Crippen molar-refractivity contribution >= 4 is 27.3 Å². The van der Waals surface area contributed by atoms with Crippen molar-refractivity contribution < 1.29 is 22.7 Å². The Labute approximate surface area is 199 Å². The molecule has 1 amide bonds. The van der Waals surface area contributed by atoms with E-state index in [4.69, 9.17) is 9.47 Å². The van der Waals surface area contributed by atoms with Crippen molar-refractivity contribution in [1.29, 1.82) is 0 Å². The minimum atomic E-state index is -3.89. The number of benzene rings is 3. The van der Waals surface area contributed by atoms with Gasteiger partial charge in [0.25, 0.3) is 15.9 Å². The molecule has 0 aliphatic carbocycles. The van der Waals surface area contributed by atoms with E-state index in [0.29, 0.717) is 28.4 Å². The van der Waals surface area contributed by atoms with E-state index in [1.54, 1.807) is 24.3 Å². The molecule has 3 N–H and O–H groups in total. The third-order valence-corrected chi connectivity index (χ3v) is 6.45. The number of methoxy groups -OCH3 is 2. The lowest BCUT2D eigenvalue weighted by atomic mass is 10.1. The van der Waals surface area contributed by atoms with Crippen molar-refractivity contribution in [2.45, 2.75) is 18.7 Å². The molecular formula is C25H27N3O5S. The lowest BCUT2D eigenvalue weighted by molar-refractivity contribution is 0.0942. The van der Waals surface area contributed by atoms with Crippen molar-refractivity contribution in [3.05, 3.63) is 89.5 Å². The van der Waals surface area contributed by atoms with Crippen LogP contribution in [0.1, 0.15) is 27.0 Å². The molecule has 0 atom stereocenters. The smallest absolute Gasteiger partial charge is 0.269 e. The highest BCUT2D eigenvalue weighted by Gasteiger charge is 2.18. The highest BCUT2D eigenvalue weighted by Crippen LogP contribution is 2.29. The van der Waals surface area contributed by atoms with Gasteiger partial charge < -0.3 is 9.47 Å². The summed E-state index contributed by atoms with van der Waals surface area (Å²) in [6.07, 6.45) is 0. The number of carbonyl (C=O) groups is 1. The van der Waals surface area contributed by atoms with Crippen LogP contribution in [0.25, 0.3) is 5.70 Å². The van der Waals surface area contributed by atoms with E-state index in [1.165, 1.54) is 38.5 Å². The van der Waals surface area contributed by atoms with Crippen LogP contribution in [0.5, 0.6) is 11.5 Å². The summed E-state index contributed by atoms with van der Waals surface area (Å²) in [6, 6.07) is 16.4. The Morgan fingerprint density at radius 1 is 0.853 bits per heavy atom. The minimum Gasteiger partial charge on any atom is -0.493 e. The first-order chi connectivity index (χ1) is 16.1. The topological polar surface area (TPSA) is 106 Å². The van der Waals surface area contributed by atoms with Gasteiger partial charge in [0.15, 0.2) is 11.5 Å².